The lowest BCUT2D eigenvalue weighted by atomic mass is 9.76. The summed E-state index contributed by atoms with van der Waals surface area (Å²) in [4.78, 5) is 12.9. The van der Waals surface area contributed by atoms with Crippen molar-refractivity contribution < 1.29 is 45.3 Å². The summed E-state index contributed by atoms with van der Waals surface area (Å²) in [5.41, 5.74) is 1.00. The third-order valence-corrected chi connectivity index (χ3v) is 8.87. The van der Waals surface area contributed by atoms with Crippen molar-refractivity contribution in [1.82, 2.24) is 0 Å². The van der Waals surface area contributed by atoms with Crippen LogP contribution < -0.4 is 14.2 Å². The average Bonchev–Trinajstić information content (AvgIpc) is 3.06. The maximum atomic E-state index is 15.2. The molecule has 1 fully saturated rings. The second-order valence-electron chi connectivity index (χ2n) is 11.8. The van der Waals surface area contributed by atoms with Crippen molar-refractivity contribution >= 4 is 11.5 Å². The van der Waals surface area contributed by atoms with Gasteiger partial charge in [0.15, 0.2) is 34.7 Å². The quantitative estimate of drug-likeness (QED) is 0.125. The van der Waals surface area contributed by atoms with Gasteiger partial charge in [-0.2, -0.15) is 13.2 Å². The lowest BCUT2D eigenvalue weighted by Crippen LogP contribution is -2.23. The van der Waals surface area contributed by atoms with E-state index in [9.17, 15) is 22.4 Å². The molecule has 4 nitrogen and oxygen atoms in total. The van der Waals surface area contributed by atoms with E-state index in [1.807, 2.05) is 6.92 Å². The zero-order valence-corrected chi connectivity index (χ0v) is 25.7. The number of carbonyl (C=O) groups is 1. The van der Waals surface area contributed by atoms with E-state index in [1.165, 1.54) is 36.4 Å². The fourth-order valence-electron chi connectivity index (χ4n) is 6.37. The lowest BCUT2D eigenvalue weighted by Gasteiger charge is -2.30. The fourth-order valence-corrected chi connectivity index (χ4v) is 6.37. The molecule has 0 aliphatic heterocycles. The second kappa shape index (κ2) is 14.6. The van der Waals surface area contributed by atoms with Crippen LogP contribution >= 0.6 is 0 Å². The molecule has 0 spiro atoms. The number of esters is 1. The monoisotopic (exact) mass is 646 g/mol. The molecule has 46 heavy (non-hydrogen) atoms. The predicted molar refractivity (Wildman–Crippen MR) is 161 cm³/mol. The number of hydrogen-bond acceptors (Lipinski definition) is 4. The molecule has 3 aromatic rings. The van der Waals surface area contributed by atoms with Gasteiger partial charge < -0.3 is 14.2 Å². The van der Waals surface area contributed by atoms with E-state index in [4.69, 9.17) is 14.2 Å². The van der Waals surface area contributed by atoms with E-state index in [0.717, 1.165) is 0 Å². The van der Waals surface area contributed by atoms with Crippen molar-refractivity contribution in [3.05, 3.63) is 94.1 Å². The van der Waals surface area contributed by atoms with Crippen LogP contribution in [0.4, 0.5) is 26.3 Å². The number of allylic oxidation sites excluding steroid dienone is 2. The van der Waals surface area contributed by atoms with Gasteiger partial charge in [0.25, 0.3) is 0 Å². The van der Waals surface area contributed by atoms with Gasteiger partial charge >= 0.3 is 5.97 Å². The molecule has 10 heteroatoms. The number of rotatable bonds is 10. The minimum atomic E-state index is -1.28. The highest BCUT2D eigenvalue weighted by Crippen LogP contribution is 2.44. The first-order valence-electron chi connectivity index (χ1n) is 15.7. The van der Waals surface area contributed by atoms with Gasteiger partial charge in [-0.05, 0) is 111 Å². The largest absolute Gasteiger partial charge is 0.491 e. The summed E-state index contributed by atoms with van der Waals surface area (Å²) in [7, 11) is 0. The first-order valence-corrected chi connectivity index (χ1v) is 15.7. The van der Waals surface area contributed by atoms with E-state index in [-0.39, 0.29) is 72.5 Å². The summed E-state index contributed by atoms with van der Waals surface area (Å²) in [5, 5.41) is 0. The molecule has 0 N–H and O–H groups in total. The van der Waals surface area contributed by atoms with Crippen LogP contribution in [0.15, 0.2) is 42.5 Å². The first kappa shape index (κ1) is 33.4. The summed E-state index contributed by atoms with van der Waals surface area (Å²) in [5.74, 6) is -9.33. The molecule has 5 rings (SSSR count). The van der Waals surface area contributed by atoms with Gasteiger partial charge in [-0.1, -0.05) is 25.1 Å². The molecule has 3 aromatic carbocycles. The van der Waals surface area contributed by atoms with Crippen LogP contribution in [0.5, 0.6) is 17.2 Å². The number of benzene rings is 3. The summed E-state index contributed by atoms with van der Waals surface area (Å²) in [6.45, 7) is 3.99. The van der Waals surface area contributed by atoms with E-state index in [0.29, 0.717) is 37.7 Å². The SMILES string of the molecule is CCCOc1ccc(C2=CCC(C(=O)Oc3ccc(C4CCC(c5ccc(OCC)c(F)c5F)CC4)c(F)c3F)CC2)c(F)c1F. The Labute approximate surface area is 264 Å². The Morgan fingerprint density at radius 2 is 1.22 bits per heavy atom. The average molecular weight is 647 g/mol. The molecule has 1 unspecified atom stereocenters. The van der Waals surface area contributed by atoms with E-state index in [1.54, 1.807) is 13.0 Å². The molecule has 1 saturated carbocycles. The molecule has 1 atom stereocenters. The van der Waals surface area contributed by atoms with Gasteiger partial charge in [0.2, 0.25) is 17.5 Å². The van der Waals surface area contributed by atoms with Gasteiger partial charge in [0.1, 0.15) is 0 Å². The van der Waals surface area contributed by atoms with Crippen LogP contribution in [0.1, 0.15) is 93.7 Å². The van der Waals surface area contributed by atoms with E-state index >= 15 is 8.78 Å². The molecule has 0 amide bonds. The highest BCUT2D eigenvalue weighted by Gasteiger charge is 2.31. The first-order chi connectivity index (χ1) is 22.1. The standard InChI is InChI=1S/C36H36F6O4/c1-3-19-45-28-17-14-25(31(38)34(28)41)22-9-11-23(12-10-22)36(43)46-29-18-15-26(32(39)35(29)42)21-7-5-20(6-8-21)24-13-16-27(44-4-2)33(40)30(24)37/h9,13-18,20-21,23H,3-8,10-12,19H2,1-2H3. The van der Waals surface area contributed by atoms with Crippen molar-refractivity contribution in [3.8, 4) is 17.2 Å². The Kier molecular flexibility index (Phi) is 10.6. The maximum absolute atomic E-state index is 15.2. The zero-order chi connectivity index (χ0) is 33.0. The third-order valence-electron chi connectivity index (χ3n) is 8.87. The Morgan fingerprint density at radius 1 is 0.674 bits per heavy atom. The highest BCUT2D eigenvalue weighted by molar-refractivity contribution is 5.78. The van der Waals surface area contributed by atoms with Crippen LogP contribution in [0, 0.1) is 40.8 Å². The summed E-state index contributed by atoms with van der Waals surface area (Å²) < 4.78 is 104. The minimum Gasteiger partial charge on any atom is -0.491 e. The molecular formula is C36H36F6O4. The van der Waals surface area contributed by atoms with E-state index in [2.05, 4.69) is 0 Å². The topological polar surface area (TPSA) is 44.8 Å². The van der Waals surface area contributed by atoms with Crippen LogP contribution in [-0.2, 0) is 4.79 Å². The maximum Gasteiger partial charge on any atom is 0.314 e. The van der Waals surface area contributed by atoms with Crippen molar-refractivity contribution in [2.75, 3.05) is 13.2 Å². The van der Waals surface area contributed by atoms with Crippen molar-refractivity contribution in [2.45, 2.75) is 77.0 Å². The van der Waals surface area contributed by atoms with Gasteiger partial charge in [-0.3, -0.25) is 4.79 Å². The Balaban J connectivity index is 1.20. The van der Waals surface area contributed by atoms with Gasteiger partial charge in [0.05, 0.1) is 19.1 Å². The van der Waals surface area contributed by atoms with Crippen molar-refractivity contribution in [3.63, 3.8) is 0 Å². The van der Waals surface area contributed by atoms with Crippen molar-refractivity contribution in [2.24, 2.45) is 5.92 Å². The molecule has 0 saturated heterocycles. The van der Waals surface area contributed by atoms with Gasteiger partial charge in [0, 0.05) is 5.56 Å². The van der Waals surface area contributed by atoms with Crippen molar-refractivity contribution in [1.29, 1.82) is 0 Å². The van der Waals surface area contributed by atoms with Gasteiger partial charge in [-0.15, -0.1) is 0 Å². The van der Waals surface area contributed by atoms with Gasteiger partial charge in [-0.25, -0.2) is 13.2 Å². The molecular weight excluding hydrogens is 610 g/mol. The minimum absolute atomic E-state index is 0.0858. The zero-order valence-electron chi connectivity index (χ0n) is 25.7. The van der Waals surface area contributed by atoms with E-state index < -0.39 is 52.5 Å². The Morgan fingerprint density at radius 3 is 1.78 bits per heavy atom. The summed E-state index contributed by atoms with van der Waals surface area (Å²) >= 11 is 0. The Bertz CT molecular complexity index is 1610. The van der Waals surface area contributed by atoms with Crippen LogP contribution in [-0.4, -0.2) is 19.2 Å². The lowest BCUT2D eigenvalue weighted by molar-refractivity contribution is -0.139. The molecule has 2 aliphatic rings. The molecule has 0 bridgehead atoms. The fraction of sp³-hybridized carbons (Fsp3) is 0.417. The predicted octanol–water partition coefficient (Wildman–Crippen LogP) is 9.94. The summed E-state index contributed by atoms with van der Waals surface area (Å²) in [6.07, 6.45) is 4.73. The molecule has 0 aromatic heterocycles. The van der Waals surface area contributed by atoms with Crippen LogP contribution in [0.25, 0.3) is 5.57 Å². The normalized spacial score (nSPS) is 19.8. The molecule has 0 heterocycles. The second-order valence-corrected chi connectivity index (χ2v) is 11.8. The number of hydrogen-bond donors (Lipinski definition) is 0. The smallest absolute Gasteiger partial charge is 0.314 e. The Hall–Kier alpha value is -3.95. The van der Waals surface area contributed by atoms with Crippen LogP contribution in [0.2, 0.25) is 0 Å². The van der Waals surface area contributed by atoms with Crippen LogP contribution in [0.3, 0.4) is 0 Å². The third kappa shape index (κ3) is 6.90. The number of carbonyl (C=O) groups excluding carboxylic acids is 1. The molecule has 2 aliphatic carbocycles. The molecule has 246 valence electrons. The molecule has 0 radical (unpaired) electrons. The number of halogens is 6. The number of ether oxygens (including phenoxy) is 3. The summed E-state index contributed by atoms with van der Waals surface area (Å²) in [6, 6.07) is 8.36. The highest BCUT2D eigenvalue weighted by atomic mass is 19.2.